The number of benzene rings is 1. The van der Waals surface area contributed by atoms with Gasteiger partial charge in [-0.3, -0.25) is 9.69 Å². The van der Waals surface area contributed by atoms with Crippen molar-refractivity contribution in [1.82, 2.24) is 9.80 Å². The highest BCUT2D eigenvalue weighted by Crippen LogP contribution is 2.10. The molecule has 0 bridgehead atoms. The van der Waals surface area contributed by atoms with Crippen molar-refractivity contribution in [2.45, 2.75) is 6.42 Å². The average Bonchev–Trinajstić information content (AvgIpc) is 2.57. The van der Waals surface area contributed by atoms with Crippen LogP contribution in [0.4, 0.5) is 11.4 Å². The third-order valence-corrected chi connectivity index (χ3v) is 3.37. The molecular formula is C14H22N4O. The van der Waals surface area contributed by atoms with Crippen LogP contribution in [-0.2, 0) is 4.79 Å². The minimum Gasteiger partial charge on any atom is -0.399 e. The summed E-state index contributed by atoms with van der Waals surface area (Å²) in [6.45, 7) is 4.52. The summed E-state index contributed by atoms with van der Waals surface area (Å²) in [5, 5.41) is 2.90. The Bertz CT molecular complexity index is 418. The number of nitrogens with one attached hydrogen (secondary N) is 1. The van der Waals surface area contributed by atoms with E-state index in [9.17, 15) is 4.79 Å². The van der Waals surface area contributed by atoms with Crippen molar-refractivity contribution in [1.29, 1.82) is 0 Å². The number of nitrogens with two attached hydrogens (primary N) is 1. The molecule has 2 rings (SSSR count). The Morgan fingerprint density at radius 3 is 2.68 bits per heavy atom. The minimum absolute atomic E-state index is 0.0364. The van der Waals surface area contributed by atoms with Gasteiger partial charge in [0, 0.05) is 24.5 Å². The molecule has 0 saturated carbocycles. The molecule has 3 N–H and O–H groups in total. The number of hydrogen-bond donors (Lipinski definition) is 2. The molecule has 1 aromatic rings. The molecule has 0 aromatic heterocycles. The third kappa shape index (κ3) is 4.54. The van der Waals surface area contributed by atoms with Gasteiger partial charge in [0.25, 0.3) is 0 Å². The van der Waals surface area contributed by atoms with E-state index in [0.717, 1.165) is 38.3 Å². The van der Waals surface area contributed by atoms with Crippen LogP contribution in [0.5, 0.6) is 0 Å². The summed E-state index contributed by atoms with van der Waals surface area (Å²) in [5.74, 6) is 0.0364. The third-order valence-electron chi connectivity index (χ3n) is 3.37. The first kappa shape index (κ1) is 13.8. The maximum absolute atomic E-state index is 12.0. The van der Waals surface area contributed by atoms with Crippen molar-refractivity contribution in [3.63, 3.8) is 0 Å². The van der Waals surface area contributed by atoms with Gasteiger partial charge in [-0.15, -0.1) is 0 Å². The van der Waals surface area contributed by atoms with E-state index in [-0.39, 0.29) is 5.91 Å². The summed E-state index contributed by atoms with van der Waals surface area (Å²) in [4.78, 5) is 16.5. The van der Waals surface area contributed by atoms with Crippen LogP contribution in [-0.4, -0.2) is 55.5 Å². The molecule has 19 heavy (non-hydrogen) atoms. The number of nitrogens with zero attached hydrogens (tertiary/aromatic N) is 2. The summed E-state index contributed by atoms with van der Waals surface area (Å²) >= 11 is 0. The average molecular weight is 262 g/mol. The van der Waals surface area contributed by atoms with Crippen molar-refractivity contribution < 1.29 is 4.79 Å². The van der Waals surface area contributed by atoms with Gasteiger partial charge in [0.2, 0.25) is 5.91 Å². The summed E-state index contributed by atoms with van der Waals surface area (Å²) in [5.41, 5.74) is 7.11. The molecule has 1 aliphatic heterocycles. The zero-order chi connectivity index (χ0) is 13.7. The fraction of sp³-hybridized carbons (Fsp3) is 0.500. The number of anilines is 2. The molecule has 1 aromatic carbocycles. The second kappa shape index (κ2) is 6.54. The molecular weight excluding hydrogens is 240 g/mol. The van der Waals surface area contributed by atoms with Gasteiger partial charge in [-0.25, -0.2) is 0 Å². The summed E-state index contributed by atoms with van der Waals surface area (Å²) < 4.78 is 0. The highest BCUT2D eigenvalue weighted by molar-refractivity contribution is 5.92. The molecule has 5 heteroatoms. The Morgan fingerprint density at radius 1 is 1.21 bits per heavy atom. The largest absolute Gasteiger partial charge is 0.399 e. The molecule has 104 valence electrons. The fourth-order valence-electron chi connectivity index (χ4n) is 2.23. The van der Waals surface area contributed by atoms with Crippen LogP contribution in [0, 0.1) is 0 Å². The number of carbonyl (C=O) groups excluding carboxylic acids is 1. The van der Waals surface area contributed by atoms with Gasteiger partial charge in [-0.1, -0.05) is 0 Å². The number of carbonyl (C=O) groups is 1. The molecule has 0 radical (unpaired) electrons. The number of hydrogen-bond acceptors (Lipinski definition) is 4. The molecule has 0 unspecified atom stereocenters. The van der Waals surface area contributed by atoms with Crippen LogP contribution < -0.4 is 11.1 Å². The van der Waals surface area contributed by atoms with E-state index in [2.05, 4.69) is 22.2 Å². The lowest BCUT2D eigenvalue weighted by Crippen LogP contribution is -2.35. The Kier molecular flexibility index (Phi) is 4.76. The van der Waals surface area contributed by atoms with E-state index in [1.165, 1.54) is 0 Å². The molecule has 1 heterocycles. The number of nitrogen functional groups attached to an aromatic ring is 1. The first-order valence-corrected chi connectivity index (χ1v) is 6.70. The fourth-order valence-corrected chi connectivity index (χ4v) is 2.23. The van der Waals surface area contributed by atoms with Gasteiger partial charge < -0.3 is 16.0 Å². The van der Waals surface area contributed by atoms with Crippen LogP contribution >= 0.6 is 0 Å². The van der Waals surface area contributed by atoms with E-state index in [1.54, 1.807) is 12.1 Å². The monoisotopic (exact) mass is 262 g/mol. The van der Waals surface area contributed by atoms with Crippen LogP contribution in [0.3, 0.4) is 0 Å². The first-order valence-electron chi connectivity index (χ1n) is 6.70. The van der Waals surface area contributed by atoms with E-state index in [4.69, 9.17) is 5.73 Å². The lowest BCUT2D eigenvalue weighted by Gasteiger charge is -2.19. The lowest BCUT2D eigenvalue weighted by atomic mass is 10.3. The van der Waals surface area contributed by atoms with E-state index in [0.29, 0.717) is 12.2 Å². The zero-order valence-electron chi connectivity index (χ0n) is 11.4. The summed E-state index contributed by atoms with van der Waals surface area (Å²) in [6.07, 6.45) is 1.12. The smallest absolute Gasteiger partial charge is 0.238 e. The van der Waals surface area contributed by atoms with Gasteiger partial charge in [-0.05, 0) is 50.8 Å². The molecule has 1 aliphatic rings. The molecule has 5 nitrogen and oxygen atoms in total. The zero-order valence-corrected chi connectivity index (χ0v) is 11.4. The van der Waals surface area contributed by atoms with Crippen LogP contribution in [0.25, 0.3) is 0 Å². The molecule has 0 spiro atoms. The first-order chi connectivity index (χ1) is 9.13. The van der Waals surface area contributed by atoms with Crippen molar-refractivity contribution in [2.24, 2.45) is 0 Å². The van der Waals surface area contributed by atoms with Crippen LogP contribution in [0.15, 0.2) is 24.3 Å². The quantitative estimate of drug-likeness (QED) is 0.793. The van der Waals surface area contributed by atoms with E-state index >= 15 is 0 Å². The Morgan fingerprint density at radius 2 is 1.95 bits per heavy atom. The second-order valence-corrected chi connectivity index (χ2v) is 5.10. The van der Waals surface area contributed by atoms with Crippen molar-refractivity contribution in [2.75, 3.05) is 50.8 Å². The standard InChI is InChI=1S/C14H22N4O/c1-17-7-2-8-18(10-9-17)11-14(19)16-13-5-3-12(15)4-6-13/h3-6H,2,7-11,15H2,1H3,(H,16,19). The Balaban J connectivity index is 1.82. The maximum Gasteiger partial charge on any atom is 0.238 e. The number of amides is 1. The van der Waals surface area contributed by atoms with E-state index < -0.39 is 0 Å². The molecule has 1 amide bonds. The van der Waals surface area contributed by atoms with Crippen molar-refractivity contribution in [3.05, 3.63) is 24.3 Å². The molecule has 0 aliphatic carbocycles. The van der Waals surface area contributed by atoms with Crippen LogP contribution in [0.1, 0.15) is 6.42 Å². The van der Waals surface area contributed by atoms with Gasteiger partial charge in [-0.2, -0.15) is 0 Å². The van der Waals surface area contributed by atoms with Crippen LogP contribution in [0.2, 0.25) is 0 Å². The van der Waals surface area contributed by atoms with Gasteiger partial charge >= 0.3 is 0 Å². The Labute approximate surface area is 114 Å². The summed E-state index contributed by atoms with van der Waals surface area (Å²) in [7, 11) is 2.12. The predicted molar refractivity (Wildman–Crippen MR) is 78.0 cm³/mol. The highest BCUT2D eigenvalue weighted by Gasteiger charge is 2.14. The normalized spacial score (nSPS) is 17.9. The molecule has 0 atom stereocenters. The maximum atomic E-state index is 12.0. The van der Waals surface area contributed by atoms with Gasteiger partial charge in [0.15, 0.2) is 0 Å². The summed E-state index contributed by atoms with van der Waals surface area (Å²) in [6, 6.07) is 7.22. The number of rotatable bonds is 3. The topological polar surface area (TPSA) is 61.6 Å². The molecule has 1 fully saturated rings. The lowest BCUT2D eigenvalue weighted by molar-refractivity contribution is -0.117. The highest BCUT2D eigenvalue weighted by atomic mass is 16.2. The SMILES string of the molecule is CN1CCCN(CC(=O)Nc2ccc(N)cc2)CC1. The van der Waals surface area contributed by atoms with E-state index in [1.807, 2.05) is 12.1 Å². The second-order valence-electron chi connectivity index (χ2n) is 5.10. The predicted octanol–water partition coefficient (Wildman–Crippen LogP) is 0.845. The minimum atomic E-state index is 0.0364. The van der Waals surface area contributed by atoms with Crippen molar-refractivity contribution in [3.8, 4) is 0 Å². The molecule has 1 saturated heterocycles. The Hall–Kier alpha value is -1.59. The van der Waals surface area contributed by atoms with Gasteiger partial charge in [0.05, 0.1) is 6.54 Å². The van der Waals surface area contributed by atoms with Gasteiger partial charge in [0.1, 0.15) is 0 Å². The number of likely N-dealkylation sites (N-methyl/N-ethyl adjacent to an activating group) is 1. The van der Waals surface area contributed by atoms with Crippen molar-refractivity contribution >= 4 is 17.3 Å².